The minimum absolute atomic E-state index is 0.158. The van der Waals surface area contributed by atoms with Gasteiger partial charge in [-0.15, -0.1) is 11.3 Å². The Hall–Kier alpha value is -1.87. The second-order valence-corrected chi connectivity index (χ2v) is 6.83. The molecule has 0 atom stereocenters. The summed E-state index contributed by atoms with van der Waals surface area (Å²) in [5.74, 6) is 0.158. The molecule has 0 amide bonds. The van der Waals surface area contributed by atoms with Gasteiger partial charge in [-0.3, -0.25) is 4.79 Å². The van der Waals surface area contributed by atoms with Crippen molar-refractivity contribution in [2.75, 3.05) is 0 Å². The maximum absolute atomic E-state index is 12.8. The molecule has 0 bridgehead atoms. The summed E-state index contributed by atoms with van der Waals surface area (Å²) in [4.78, 5) is 18.3. The SMILES string of the molecule is O=C(c1cc2c(s1)CCCCC2)c1c[nH]c2ccccc12. The smallest absolute Gasteiger partial charge is 0.205 e. The molecule has 0 spiro atoms. The number of aryl methyl sites for hydroxylation is 2. The molecule has 3 heteroatoms. The quantitative estimate of drug-likeness (QED) is 0.538. The van der Waals surface area contributed by atoms with E-state index in [2.05, 4.69) is 11.1 Å². The van der Waals surface area contributed by atoms with Crippen LogP contribution in [0, 0.1) is 0 Å². The lowest BCUT2D eigenvalue weighted by Crippen LogP contribution is -1.97. The average molecular weight is 295 g/mol. The number of carbonyl (C=O) groups excluding carboxylic acids is 1. The van der Waals surface area contributed by atoms with Crippen LogP contribution >= 0.6 is 11.3 Å². The Bertz CT molecular complexity index is 788. The Morgan fingerprint density at radius 1 is 1.10 bits per heavy atom. The molecule has 1 aromatic carbocycles. The zero-order valence-electron chi connectivity index (χ0n) is 11.8. The number of para-hydroxylation sites is 1. The van der Waals surface area contributed by atoms with E-state index in [0.29, 0.717) is 0 Å². The van der Waals surface area contributed by atoms with E-state index in [9.17, 15) is 4.79 Å². The summed E-state index contributed by atoms with van der Waals surface area (Å²) in [7, 11) is 0. The highest BCUT2D eigenvalue weighted by atomic mass is 32.1. The lowest BCUT2D eigenvalue weighted by Gasteiger charge is -1.96. The molecule has 0 unspecified atom stereocenters. The van der Waals surface area contributed by atoms with E-state index < -0.39 is 0 Å². The van der Waals surface area contributed by atoms with Crippen LogP contribution in [0.25, 0.3) is 10.9 Å². The molecule has 0 fully saturated rings. The summed E-state index contributed by atoms with van der Waals surface area (Å²) < 4.78 is 0. The number of thiophene rings is 1. The molecular formula is C18H17NOS. The highest BCUT2D eigenvalue weighted by Gasteiger charge is 2.19. The van der Waals surface area contributed by atoms with Gasteiger partial charge in [0.2, 0.25) is 5.78 Å². The van der Waals surface area contributed by atoms with Crippen molar-refractivity contribution in [1.82, 2.24) is 4.98 Å². The first-order chi connectivity index (χ1) is 10.3. The fourth-order valence-corrected chi connectivity index (χ4v) is 4.38. The van der Waals surface area contributed by atoms with E-state index in [1.165, 1.54) is 29.7 Å². The lowest BCUT2D eigenvalue weighted by molar-refractivity contribution is 0.104. The number of nitrogens with one attached hydrogen (secondary N) is 1. The minimum atomic E-state index is 0.158. The molecule has 1 aliphatic carbocycles. The molecule has 4 rings (SSSR count). The van der Waals surface area contributed by atoms with Crippen molar-refractivity contribution < 1.29 is 4.79 Å². The summed E-state index contributed by atoms with van der Waals surface area (Å²) in [6.07, 6.45) is 7.94. The molecule has 21 heavy (non-hydrogen) atoms. The second kappa shape index (κ2) is 5.15. The molecule has 2 nitrogen and oxygen atoms in total. The van der Waals surface area contributed by atoms with Gasteiger partial charge in [-0.25, -0.2) is 0 Å². The third-order valence-corrected chi connectivity index (χ3v) is 5.54. The molecule has 0 saturated heterocycles. The van der Waals surface area contributed by atoms with Crippen LogP contribution in [0.15, 0.2) is 36.5 Å². The predicted octanol–water partition coefficient (Wildman–Crippen LogP) is 4.73. The monoisotopic (exact) mass is 295 g/mol. The number of carbonyl (C=O) groups is 1. The normalized spacial score (nSPS) is 14.9. The summed E-state index contributed by atoms with van der Waals surface area (Å²) in [5, 5.41) is 1.02. The van der Waals surface area contributed by atoms with Crippen molar-refractivity contribution in [3.05, 3.63) is 57.4 Å². The zero-order valence-corrected chi connectivity index (χ0v) is 12.6. The number of H-pyrrole nitrogens is 1. The van der Waals surface area contributed by atoms with E-state index in [1.807, 2.05) is 30.5 Å². The molecule has 1 aliphatic rings. The van der Waals surface area contributed by atoms with E-state index in [4.69, 9.17) is 0 Å². The zero-order chi connectivity index (χ0) is 14.2. The molecule has 3 aromatic rings. The second-order valence-electron chi connectivity index (χ2n) is 5.70. The van der Waals surface area contributed by atoms with Gasteiger partial charge in [0.1, 0.15) is 0 Å². The fraction of sp³-hybridized carbons (Fsp3) is 0.278. The van der Waals surface area contributed by atoms with Crippen LogP contribution in [0.5, 0.6) is 0 Å². The fourth-order valence-electron chi connectivity index (χ4n) is 3.17. The highest BCUT2D eigenvalue weighted by molar-refractivity contribution is 7.14. The molecule has 106 valence electrons. The Labute approximate surface area is 127 Å². The van der Waals surface area contributed by atoms with Crippen LogP contribution in [-0.4, -0.2) is 10.8 Å². The summed E-state index contributed by atoms with van der Waals surface area (Å²) in [6, 6.07) is 10.1. The number of rotatable bonds is 2. The van der Waals surface area contributed by atoms with Gasteiger partial charge in [0.15, 0.2) is 0 Å². The first-order valence-electron chi connectivity index (χ1n) is 7.55. The summed E-state index contributed by atoms with van der Waals surface area (Å²) in [6.45, 7) is 0. The van der Waals surface area contributed by atoms with Crippen molar-refractivity contribution in [2.24, 2.45) is 0 Å². The molecular weight excluding hydrogens is 278 g/mol. The van der Waals surface area contributed by atoms with E-state index >= 15 is 0 Å². The lowest BCUT2D eigenvalue weighted by atomic mass is 10.1. The standard InChI is InChI=1S/C18H17NOS/c20-18(14-11-19-15-8-5-4-7-13(14)15)17-10-12-6-2-1-3-9-16(12)21-17/h4-5,7-8,10-11,19H,1-3,6,9H2. The van der Waals surface area contributed by atoms with Crippen LogP contribution in [0.4, 0.5) is 0 Å². The van der Waals surface area contributed by atoms with Crippen LogP contribution < -0.4 is 0 Å². The Morgan fingerprint density at radius 2 is 1.95 bits per heavy atom. The van der Waals surface area contributed by atoms with Crippen molar-refractivity contribution in [3.8, 4) is 0 Å². The highest BCUT2D eigenvalue weighted by Crippen LogP contribution is 2.31. The maximum atomic E-state index is 12.8. The van der Waals surface area contributed by atoms with Gasteiger partial charge in [-0.05, 0) is 43.4 Å². The molecule has 2 aromatic heterocycles. The van der Waals surface area contributed by atoms with Gasteiger partial charge < -0.3 is 4.98 Å². The topological polar surface area (TPSA) is 32.9 Å². The number of aromatic amines is 1. The van der Waals surface area contributed by atoms with E-state index in [1.54, 1.807) is 11.3 Å². The third kappa shape index (κ3) is 2.22. The van der Waals surface area contributed by atoms with Crippen LogP contribution in [-0.2, 0) is 12.8 Å². The Balaban J connectivity index is 1.75. The van der Waals surface area contributed by atoms with Crippen molar-refractivity contribution >= 4 is 28.0 Å². The predicted molar refractivity (Wildman–Crippen MR) is 87.3 cm³/mol. The summed E-state index contributed by atoms with van der Waals surface area (Å²) in [5.41, 5.74) is 3.22. The number of hydrogen-bond donors (Lipinski definition) is 1. The Kier molecular flexibility index (Phi) is 3.15. The number of benzene rings is 1. The van der Waals surface area contributed by atoms with Crippen molar-refractivity contribution in [3.63, 3.8) is 0 Å². The number of ketones is 1. The minimum Gasteiger partial charge on any atom is -0.360 e. The van der Waals surface area contributed by atoms with Gasteiger partial charge in [-0.1, -0.05) is 24.6 Å². The summed E-state index contributed by atoms with van der Waals surface area (Å²) >= 11 is 1.70. The number of fused-ring (bicyclic) bond motifs is 2. The van der Waals surface area contributed by atoms with Gasteiger partial charge in [0.05, 0.1) is 4.88 Å². The average Bonchev–Trinajstić information content (AvgIpc) is 3.05. The van der Waals surface area contributed by atoms with Crippen LogP contribution in [0.3, 0.4) is 0 Å². The molecule has 0 saturated carbocycles. The third-order valence-electron chi connectivity index (χ3n) is 4.30. The Morgan fingerprint density at radius 3 is 2.90 bits per heavy atom. The first-order valence-corrected chi connectivity index (χ1v) is 8.37. The van der Waals surface area contributed by atoms with Crippen LogP contribution in [0.2, 0.25) is 0 Å². The van der Waals surface area contributed by atoms with Gasteiger partial charge >= 0.3 is 0 Å². The molecule has 1 N–H and O–H groups in total. The molecule has 0 aliphatic heterocycles. The largest absolute Gasteiger partial charge is 0.360 e. The van der Waals surface area contributed by atoms with E-state index in [-0.39, 0.29) is 5.78 Å². The molecule has 0 radical (unpaired) electrons. The number of aromatic nitrogens is 1. The number of hydrogen-bond acceptors (Lipinski definition) is 2. The van der Waals surface area contributed by atoms with Crippen molar-refractivity contribution in [1.29, 1.82) is 0 Å². The van der Waals surface area contributed by atoms with E-state index in [0.717, 1.165) is 34.2 Å². The van der Waals surface area contributed by atoms with Crippen molar-refractivity contribution in [2.45, 2.75) is 32.1 Å². The van der Waals surface area contributed by atoms with Crippen LogP contribution in [0.1, 0.15) is 44.9 Å². The maximum Gasteiger partial charge on any atom is 0.205 e. The molecule has 2 heterocycles. The van der Waals surface area contributed by atoms with Gasteiger partial charge in [0.25, 0.3) is 0 Å². The van der Waals surface area contributed by atoms with Gasteiger partial charge in [0, 0.05) is 27.5 Å². The first kappa shape index (κ1) is 12.8. The van der Waals surface area contributed by atoms with Gasteiger partial charge in [-0.2, -0.15) is 0 Å².